The summed E-state index contributed by atoms with van der Waals surface area (Å²) in [5.41, 5.74) is 1.13. The van der Waals surface area contributed by atoms with Gasteiger partial charge in [-0.2, -0.15) is 0 Å². The minimum atomic E-state index is -0.0735. The van der Waals surface area contributed by atoms with Crippen LogP contribution in [0.15, 0.2) is 24.3 Å². The molecule has 0 amide bonds. The quantitative estimate of drug-likeness (QED) is 0.735. The molecule has 0 radical (unpaired) electrons. The van der Waals surface area contributed by atoms with Gasteiger partial charge in [-0.25, -0.2) is 4.39 Å². The monoisotopic (exact) mass is 237 g/mol. The number of nitrogens with one attached hydrogen (secondary N) is 1. The molecule has 2 rings (SSSR count). The summed E-state index contributed by atoms with van der Waals surface area (Å²) in [7, 11) is 1.70. The Balaban J connectivity index is 1.84. The molecule has 1 N–H and O–H groups in total. The first-order valence-corrected chi connectivity index (χ1v) is 6.19. The van der Waals surface area contributed by atoms with Gasteiger partial charge in [0.1, 0.15) is 5.82 Å². The van der Waals surface area contributed by atoms with Crippen molar-refractivity contribution in [1.82, 2.24) is 5.32 Å². The molecule has 0 saturated heterocycles. The van der Waals surface area contributed by atoms with Crippen molar-refractivity contribution in [2.45, 2.75) is 19.3 Å². The van der Waals surface area contributed by atoms with Gasteiger partial charge in [0.25, 0.3) is 0 Å². The van der Waals surface area contributed by atoms with Crippen molar-refractivity contribution in [1.29, 1.82) is 0 Å². The molecule has 0 unspecified atom stereocenters. The lowest BCUT2D eigenvalue weighted by Gasteiger charge is -2.16. The second-order valence-corrected chi connectivity index (χ2v) is 4.94. The van der Waals surface area contributed by atoms with Crippen LogP contribution in [0.2, 0.25) is 0 Å². The molecule has 0 aliphatic heterocycles. The van der Waals surface area contributed by atoms with E-state index >= 15 is 0 Å². The molecule has 3 heteroatoms. The van der Waals surface area contributed by atoms with Crippen molar-refractivity contribution in [2.24, 2.45) is 5.41 Å². The first-order chi connectivity index (χ1) is 8.26. The minimum Gasteiger partial charge on any atom is -0.383 e. The molecule has 0 bridgehead atoms. The molecule has 0 heterocycles. The number of hydrogen-bond acceptors (Lipinski definition) is 2. The maximum Gasteiger partial charge on any atom is 0.126 e. The molecule has 17 heavy (non-hydrogen) atoms. The zero-order valence-corrected chi connectivity index (χ0v) is 10.3. The zero-order valence-electron chi connectivity index (χ0n) is 10.3. The Morgan fingerprint density at radius 2 is 2.12 bits per heavy atom. The summed E-state index contributed by atoms with van der Waals surface area (Å²) in [5, 5.41) is 3.38. The molecule has 94 valence electrons. The maximum atomic E-state index is 13.6. The summed E-state index contributed by atoms with van der Waals surface area (Å²) in [6, 6.07) is 7.09. The Kier molecular flexibility index (Phi) is 4.13. The smallest absolute Gasteiger partial charge is 0.126 e. The molecule has 1 aliphatic carbocycles. The van der Waals surface area contributed by atoms with Crippen LogP contribution < -0.4 is 5.32 Å². The second-order valence-electron chi connectivity index (χ2n) is 4.94. The van der Waals surface area contributed by atoms with Gasteiger partial charge in [-0.05, 0) is 36.3 Å². The standard InChI is InChI=1S/C14H20FNO/c1-17-9-8-16-11-14(6-7-14)10-12-4-2-3-5-13(12)15/h2-5,16H,6-11H2,1H3. The average Bonchev–Trinajstić information content (AvgIpc) is 3.08. The van der Waals surface area contributed by atoms with E-state index in [2.05, 4.69) is 5.32 Å². The van der Waals surface area contributed by atoms with Crippen LogP contribution in [0, 0.1) is 11.2 Å². The van der Waals surface area contributed by atoms with Crippen LogP contribution in [0.1, 0.15) is 18.4 Å². The first kappa shape index (κ1) is 12.5. The lowest BCUT2D eigenvalue weighted by molar-refractivity contribution is 0.197. The van der Waals surface area contributed by atoms with E-state index in [-0.39, 0.29) is 11.2 Å². The third-order valence-corrected chi connectivity index (χ3v) is 3.46. The van der Waals surface area contributed by atoms with E-state index in [0.717, 1.165) is 31.7 Å². The van der Waals surface area contributed by atoms with Crippen LogP contribution in [0.5, 0.6) is 0 Å². The number of rotatable bonds is 7. The Bertz CT molecular complexity index is 363. The van der Waals surface area contributed by atoms with E-state index < -0.39 is 0 Å². The number of halogens is 1. The summed E-state index contributed by atoms with van der Waals surface area (Å²) in [5.74, 6) is -0.0735. The van der Waals surface area contributed by atoms with Crippen LogP contribution in [0.3, 0.4) is 0 Å². The fourth-order valence-corrected chi connectivity index (χ4v) is 2.17. The molecule has 1 aromatic carbocycles. The summed E-state index contributed by atoms with van der Waals surface area (Å²) >= 11 is 0. The van der Waals surface area contributed by atoms with E-state index in [9.17, 15) is 4.39 Å². The lowest BCUT2D eigenvalue weighted by atomic mass is 9.96. The first-order valence-electron chi connectivity index (χ1n) is 6.19. The van der Waals surface area contributed by atoms with Gasteiger partial charge in [0.2, 0.25) is 0 Å². The maximum absolute atomic E-state index is 13.6. The van der Waals surface area contributed by atoms with E-state index in [1.165, 1.54) is 12.8 Å². The SMILES string of the molecule is COCCNCC1(Cc2ccccc2F)CC1. The van der Waals surface area contributed by atoms with Crippen molar-refractivity contribution in [3.05, 3.63) is 35.6 Å². The molecule has 2 nitrogen and oxygen atoms in total. The highest BCUT2D eigenvalue weighted by Crippen LogP contribution is 2.48. The van der Waals surface area contributed by atoms with Gasteiger partial charge in [-0.3, -0.25) is 0 Å². The third kappa shape index (κ3) is 3.51. The van der Waals surface area contributed by atoms with Crippen LogP contribution >= 0.6 is 0 Å². The average molecular weight is 237 g/mol. The highest BCUT2D eigenvalue weighted by atomic mass is 19.1. The molecular weight excluding hydrogens is 217 g/mol. The predicted octanol–water partition coefficient (Wildman–Crippen LogP) is 2.38. The van der Waals surface area contributed by atoms with Gasteiger partial charge in [-0.15, -0.1) is 0 Å². The lowest BCUT2D eigenvalue weighted by Crippen LogP contribution is -2.28. The molecular formula is C14H20FNO. The molecule has 1 fully saturated rings. The molecule has 0 aromatic heterocycles. The second kappa shape index (κ2) is 5.61. The van der Waals surface area contributed by atoms with Crippen LogP contribution in [0.4, 0.5) is 4.39 Å². The normalized spacial score (nSPS) is 17.1. The van der Waals surface area contributed by atoms with Crippen LogP contribution in [-0.4, -0.2) is 26.8 Å². The van der Waals surface area contributed by atoms with Gasteiger partial charge >= 0.3 is 0 Å². The zero-order chi connectivity index (χ0) is 12.1. The van der Waals surface area contributed by atoms with Gasteiger partial charge < -0.3 is 10.1 Å². The fraction of sp³-hybridized carbons (Fsp3) is 0.571. The Labute approximate surface area is 102 Å². The third-order valence-electron chi connectivity index (χ3n) is 3.46. The van der Waals surface area contributed by atoms with Crippen LogP contribution in [-0.2, 0) is 11.2 Å². The number of methoxy groups -OCH3 is 1. The molecule has 1 saturated carbocycles. The molecule has 1 aromatic rings. The van der Waals surface area contributed by atoms with E-state index in [1.54, 1.807) is 19.2 Å². The van der Waals surface area contributed by atoms with Gasteiger partial charge in [0.05, 0.1) is 6.61 Å². The molecule has 0 atom stereocenters. The van der Waals surface area contributed by atoms with Crippen molar-refractivity contribution >= 4 is 0 Å². The highest BCUT2D eigenvalue weighted by molar-refractivity contribution is 5.21. The largest absolute Gasteiger partial charge is 0.383 e. The van der Waals surface area contributed by atoms with Crippen molar-refractivity contribution in [2.75, 3.05) is 26.8 Å². The summed E-state index contributed by atoms with van der Waals surface area (Å²) in [6.07, 6.45) is 3.24. The van der Waals surface area contributed by atoms with E-state index in [1.807, 2.05) is 12.1 Å². The van der Waals surface area contributed by atoms with E-state index in [4.69, 9.17) is 4.74 Å². The van der Waals surface area contributed by atoms with Gasteiger partial charge in [-0.1, -0.05) is 18.2 Å². The topological polar surface area (TPSA) is 21.3 Å². The van der Waals surface area contributed by atoms with Gasteiger partial charge in [0.15, 0.2) is 0 Å². The Morgan fingerprint density at radius 1 is 1.35 bits per heavy atom. The molecule has 1 aliphatic rings. The Morgan fingerprint density at radius 3 is 2.76 bits per heavy atom. The van der Waals surface area contributed by atoms with Gasteiger partial charge in [0, 0.05) is 20.2 Å². The fourth-order valence-electron chi connectivity index (χ4n) is 2.17. The van der Waals surface area contributed by atoms with E-state index in [0.29, 0.717) is 0 Å². The Hall–Kier alpha value is -0.930. The van der Waals surface area contributed by atoms with Crippen molar-refractivity contribution in [3.63, 3.8) is 0 Å². The number of benzene rings is 1. The summed E-state index contributed by atoms with van der Waals surface area (Å²) < 4.78 is 18.5. The summed E-state index contributed by atoms with van der Waals surface area (Å²) in [6.45, 7) is 2.57. The van der Waals surface area contributed by atoms with Crippen molar-refractivity contribution < 1.29 is 9.13 Å². The molecule has 0 spiro atoms. The number of hydrogen-bond donors (Lipinski definition) is 1. The summed E-state index contributed by atoms with van der Waals surface area (Å²) in [4.78, 5) is 0. The predicted molar refractivity (Wildman–Crippen MR) is 66.5 cm³/mol. The highest BCUT2D eigenvalue weighted by Gasteiger charge is 2.42. The van der Waals surface area contributed by atoms with Crippen LogP contribution in [0.25, 0.3) is 0 Å². The number of ether oxygens (including phenoxy) is 1. The van der Waals surface area contributed by atoms with Crippen molar-refractivity contribution in [3.8, 4) is 0 Å². The minimum absolute atomic E-state index is 0.0735.